The van der Waals surface area contributed by atoms with E-state index in [-0.39, 0.29) is 5.69 Å². The van der Waals surface area contributed by atoms with Crippen LogP contribution in [-0.4, -0.2) is 6.03 Å². The van der Waals surface area contributed by atoms with Gasteiger partial charge in [0.05, 0.1) is 11.7 Å². The van der Waals surface area contributed by atoms with Crippen molar-refractivity contribution in [3.8, 4) is 0 Å². The molecule has 2 amide bonds. The van der Waals surface area contributed by atoms with Crippen LogP contribution in [-0.2, 0) is 0 Å². The van der Waals surface area contributed by atoms with Gasteiger partial charge in [0.25, 0.3) is 0 Å². The lowest BCUT2D eigenvalue weighted by Crippen LogP contribution is -2.31. The van der Waals surface area contributed by atoms with Crippen molar-refractivity contribution in [2.24, 2.45) is 0 Å². The second-order valence-electron chi connectivity index (χ2n) is 4.61. The molecule has 0 aromatic heterocycles. The highest BCUT2D eigenvalue weighted by Crippen LogP contribution is 2.26. The van der Waals surface area contributed by atoms with E-state index in [1.54, 1.807) is 25.1 Å². The number of carbonyl (C=O) groups is 1. The molecule has 2 aromatic rings. The standard InChI is InChI=1S/C15H12Cl2F2N2O/c1-8(11-4-2-9(16)6-12(11)17)20-15(22)21-14-7-10(18)3-5-13(14)19/h2-8H,1H3,(H2,20,21,22). The van der Waals surface area contributed by atoms with Gasteiger partial charge in [-0.05, 0) is 36.8 Å². The Hall–Kier alpha value is -1.85. The van der Waals surface area contributed by atoms with E-state index < -0.39 is 23.7 Å². The molecule has 0 heterocycles. The van der Waals surface area contributed by atoms with E-state index in [1.807, 2.05) is 0 Å². The third kappa shape index (κ3) is 4.08. The summed E-state index contributed by atoms with van der Waals surface area (Å²) in [5.41, 5.74) is 0.410. The van der Waals surface area contributed by atoms with Crippen molar-refractivity contribution >= 4 is 34.9 Å². The number of amides is 2. The van der Waals surface area contributed by atoms with E-state index in [1.165, 1.54) is 0 Å². The van der Waals surface area contributed by atoms with Gasteiger partial charge in [-0.3, -0.25) is 0 Å². The Morgan fingerprint density at radius 1 is 1.14 bits per heavy atom. The molecule has 22 heavy (non-hydrogen) atoms. The van der Waals surface area contributed by atoms with Crippen molar-refractivity contribution in [1.82, 2.24) is 5.32 Å². The molecule has 0 aliphatic rings. The first-order chi connectivity index (χ1) is 10.4. The quantitative estimate of drug-likeness (QED) is 0.793. The molecule has 7 heteroatoms. The molecule has 0 aliphatic carbocycles. The molecule has 2 N–H and O–H groups in total. The minimum absolute atomic E-state index is 0.244. The molecular formula is C15H12Cl2F2N2O. The molecule has 0 bridgehead atoms. The molecule has 0 fully saturated rings. The first-order valence-corrected chi connectivity index (χ1v) is 7.10. The number of nitrogens with one attached hydrogen (secondary N) is 2. The van der Waals surface area contributed by atoms with E-state index in [9.17, 15) is 13.6 Å². The van der Waals surface area contributed by atoms with Gasteiger partial charge in [0, 0.05) is 16.1 Å². The molecule has 3 nitrogen and oxygen atoms in total. The predicted octanol–water partition coefficient (Wildman–Crippen LogP) is 5.15. The van der Waals surface area contributed by atoms with Crippen LogP contribution in [0.2, 0.25) is 10.0 Å². The molecule has 0 radical (unpaired) electrons. The van der Waals surface area contributed by atoms with Crippen molar-refractivity contribution in [2.75, 3.05) is 5.32 Å². The number of anilines is 1. The molecule has 1 atom stereocenters. The van der Waals surface area contributed by atoms with Gasteiger partial charge in [-0.1, -0.05) is 29.3 Å². The molecule has 0 saturated heterocycles. The fraction of sp³-hybridized carbons (Fsp3) is 0.133. The largest absolute Gasteiger partial charge is 0.331 e. The van der Waals surface area contributed by atoms with Crippen LogP contribution in [0.4, 0.5) is 19.3 Å². The van der Waals surface area contributed by atoms with Crippen molar-refractivity contribution in [2.45, 2.75) is 13.0 Å². The van der Waals surface area contributed by atoms with E-state index in [0.29, 0.717) is 15.6 Å². The second kappa shape index (κ2) is 6.94. The third-order valence-corrected chi connectivity index (χ3v) is 3.52. The first kappa shape index (κ1) is 16.5. The maximum atomic E-state index is 13.5. The fourth-order valence-electron chi connectivity index (χ4n) is 1.88. The molecule has 2 rings (SSSR count). The fourth-order valence-corrected chi connectivity index (χ4v) is 2.45. The van der Waals surface area contributed by atoms with Crippen LogP contribution >= 0.6 is 23.2 Å². The molecular weight excluding hydrogens is 333 g/mol. The van der Waals surface area contributed by atoms with Gasteiger partial charge in [0.1, 0.15) is 11.6 Å². The summed E-state index contributed by atoms with van der Waals surface area (Å²) in [6, 6.07) is 6.56. The number of halogens is 4. The molecule has 2 aromatic carbocycles. The van der Waals surface area contributed by atoms with Gasteiger partial charge in [0.2, 0.25) is 0 Å². The topological polar surface area (TPSA) is 41.1 Å². The van der Waals surface area contributed by atoms with Gasteiger partial charge in [-0.2, -0.15) is 0 Å². The van der Waals surface area contributed by atoms with Crippen molar-refractivity contribution in [3.05, 3.63) is 63.6 Å². The summed E-state index contributed by atoms with van der Waals surface area (Å²) in [5.74, 6) is -1.38. The summed E-state index contributed by atoms with van der Waals surface area (Å²) in [4.78, 5) is 11.9. The second-order valence-corrected chi connectivity index (χ2v) is 5.45. The van der Waals surface area contributed by atoms with E-state index in [2.05, 4.69) is 10.6 Å². The summed E-state index contributed by atoms with van der Waals surface area (Å²) in [6.07, 6.45) is 0. The van der Waals surface area contributed by atoms with Crippen molar-refractivity contribution in [3.63, 3.8) is 0 Å². The monoisotopic (exact) mass is 344 g/mol. The predicted molar refractivity (Wildman–Crippen MR) is 83.4 cm³/mol. The summed E-state index contributed by atoms with van der Waals surface area (Å²) >= 11 is 11.9. The van der Waals surface area contributed by atoms with Crippen LogP contribution in [0.1, 0.15) is 18.5 Å². The van der Waals surface area contributed by atoms with E-state index in [0.717, 1.165) is 18.2 Å². The molecule has 1 unspecified atom stereocenters. The van der Waals surface area contributed by atoms with E-state index >= 15 is 0 Å². The van der Waals surface area contributed by atoms with Gasteiger partial charge >= 0.3 is 6.03 Å². The highest BCUT2D eigenvalue weighted by atomic mass is 35.5. The summed E-state index contributed by atoms with van der Waals surface area (Å²) < 4.78 is 26.5. The number of benzene rings is 2. The number of urea groups is 1. The zero-order valence-corrected chi connectivity index (χ0v) is 13.0. The third-order valence-electron chi connectivity index (χ3n) is 2.95. The van der Waals surface area contributed by atoms with E-state index in [4.69, 9.17) is 23.2 Å². The lowest BCUT2D eigenvalue weighted by molar-refractivity contribution is 0.249. The Morgan fingerprint density at radius 2 is 1.86 bits per heavy atom. The summed E-state index contributed by atoms with van der Waals surface area (Å²) in [6.45, 7) is 1.70. The minimum atomic E-state index is -0.728. The van der Waals surface area contributed by atoms with Crippen LogP contribution < -0.4 is 10.6 Å². The maximum absolute atomic E-state index is 13.5. The molecule has 0 saturated carbocycles. The van der Waals surface area contributed by atoms with Gasteiger partial charge in [0.15, 0.2) is 0 Å². The smallest absolute Gasteiger partial charge is 0.319 e. The average molecular weight is 345 g/mol. The van der Waals surface area contributed by atoms with Gasteiger partial charge in [-0.15, -0.1) is 0 Å². The van der Waals surface area contributed by atoms with Crippen LogP contribution in [0.15, 0.2) is 36.4 Å². The van der Waals surface area contributed by atoms with Gasteiger partial charge < -0.3 is 10.6 Å². The number of hydrogen-bond donors (Lipinski definition) is 2. The number of rotatable bonds is 3. The maximum Gasteiger partial charge on any atom is 0.319 e. The Balaban J connectivity index is 2.06. The lowest BCUT2D eigenvalue weighted by Gasteiger charge is -2.16. The Bertz CT molecular complexity index is 710. The number of carbonyl (C=O) groups excluding carboxylic acids is 1. The van der Waals surface area contributed by atoms with Crippen LogP contribution in [0.25, 0.3) is 0 Å². The van der Waals surface area contributed by atoms with Crippen molar-refractivity contribution in [1.29, 1.82) is 0 Å². The van der Waals surface area contributed by atoms with Crippen molar-refractivity contribution < 1.29 is 13.6 Å². The molecule has 0 aliphatic heterocycles. The highest BCUT2D eigenvalue weighted by Gasteiger charge is 2.14. The van der Waals surface area contributed by atoms with Gasteiger partial charge in [-0.25, -0.2) is 13.6 Å². The Kier molecular flexibility index (Phi) is 5.21. The summed E-state index contributed by atoms with van der Waals surface area (Å²) in [7, 11) is 0. The first-order valence-electron chi connectivity index (χ1n) is 6.34. The zero-order chi connectivity index (χ0) is 16.3. The average Bonchev–Trinajstić information content (AvgIpc) is 2.42. The number of hydrogen-bond acceptors (Lipinski definition) is 1. The lowest BCUT2D eigenvalue weighted by atomic mass is 10.1. The Morgan fingerprint density at radius 3 is 2.55 bits per heavy atom. The van der Waals surface area contributed by atoms with Crippen LogP contribution in [0.5, 0.6) is 0 Å². The highest BCUT2D eigenvalue weighted by molar-refractivity contribution is 6.35. The molecule has 116 valence electrons. The normalized spacial score (nSPS) is 11.9. The van der Waals surface area contributed by atoms with Crippen LogP contribution in [0.3, 0.4) is 0 Å². The summed E-state index contributed by atoms with van der Waals surface area (Å²) in [5, 5.41) is 5.71. The molecule has 0 spiro atoms. The SMILES string of the molecule is CC(NC(=O)Nc1cc(F)ccc1F)c1ccc(Cl)cc1Cl. The van der Waals surface area contributed by atoms with Crippen LogP contribution in [0, 0.1) is 11.6 Å². The Labute approximate surface area is 136 Å². The zero-order valence-electron chi connectivity index (χ0n) is 11.5. The minimum Gasteiger partial charge on any atom is -0.331 e.